The molecule has 4 nitrogen and oxygen atoms in total. The summed E-state index contributed by atoms with van der Waals surface area (Å²) in [5.74, 6) is -0.0971. The SMILES string of the molecule is CCC(SC(C)N1CCOCC1)C(=O)OC(C)(C)C. The molecular formula is C14H27NO3S. The van der Waals surface area contributed by atoms with Gasteiger partial charge in [0.1, 0.15) is 10.9 Å². The molecule has 0 spiro atoms. The molecule has 0 aliphatic carbocycles. The number of nitrogens with zero attached hydrogens (tertiary/aromatic N) is 1. The summed E-state index contributed by atoms with van der Waals surface area (Å²) >= 11 is 1.70. The fourth-order valence-electron chi connectivity index (χ4n) is 1.95. The zero-order valence-corrected chi connectivity index (χ0v) is 13.6. The van der Waals surface area contributed by atoms with Gasteiger partial charge in [-0.25, -0.2) is 0 Å². The third kappa shape index (κ3) is 6.15. The van der Waals surface area contributed by atoms with E-state index in [1.807, 2.05) is 27.7 Å². The summed E-state index contributed by atoms with van der Waals surface area (Å²) in [6, 6.07) is 0. The van der Waals surface area contributed by atoms with Gasteiger partial charge in [-0.2, -0.15) is 0 Å². The van der Waals surface area contributed by atoms with Crippen molar-refractivity contribution < 1.29 is 14.3 Å². The van der Waals surface area contributed by atoms with Gasteiger partial charge in [-0.3, -0.25) is 9.69 Å². The summed E-state index contributed by atoms with van der Waals surface area (Å²) in [6.45, 7) is 13.4. The molecule has 0 aromatic rings. The first-order valence-electron chi connectivity index (χ1n) is 7.03. The van der Waals surface area contributed by atoms with Crippen molar-refractivity contribution in [1.29, 1.82) is 0 Å². The summed E-state index contributed by atoms with van der Waals surface area (Å²) < 4.78 is 10.8. The number of carbonyl (C=O) groups is 1. The quantitative estimate of drug-likeness (QED) is 0.727. The smallest absolute Gasteiger partial charge is 0.319 e. The predicted molar refractivity (Wildman–Crippen MR) is 79.4 cm³/mol. The lowest BCUT2D eigenvalue weighted by atomic mass is 10.2. The van der Waals surface area contributed by atoms with Crippen LogP contribution in [-0.4, -0.2) is 53.4 Å². The molecule has 0 radical (unpaired) electrons. The van der Waals surface area contributed by atoms with Crippen LogP contribution in [0.4, 0.5) is 0 Å². The van der Waals surface area contributed by atoms with Crippen molar-refractivity contribution in [2.45, 2.75) is 57.3 Å². The first-order chi connectivity index (χ1) is 8.83. The second kappa shape index (κ2) is 7.50. The molecule has 112 valence electrons. The largest absolute Gasteiger partial charge is 0.459 e. The molecule has 0 aromatic carbocycles. The molecule has 0 saturated carbocycles. The van der Waals surface area contributed by atoms with E-state index in [0.717, 1.165) is 32.7 Å². The number of carbonyl (C=O) groups excluding carboxylic acids is 1. The minimum Gasteiger partial charge on any atom is -0.459 e. The fourth-order valence-corrected chi connectivity index (χ4v) is 3.16. The highest BCUT2D eigenvalue weighted by Crippen LogP contribution is 2.26. The maximum atomic E-state index is 12.1. The Morgan fingerprint density at radius 1 is 1.37 bits per heavy atom. The van der Waals surface area contributed by atoms with Crippen molar-refractivity contribution in [3.8, 4) is 0 Å². The van der Waals surface area contributed by atoms with E-state index >= 15 is 0 Å². The Bertz CT molecular complexity index is 285. The highest BCUT2D eigenvalue weighted by atomic mass is 32.2. The van der Waals surface area contributed by atoms with Crippen LogP contribution in [0.1, 0.15) is 41.0 Å². The second-order valence-corrected chi connectivity index (χ2v) is 7.34. The number of hydrogen-bond donors (Lipinski definition) is 0. The van der Waals surface area contributed by atoms with Crippen LogP contribution in [0.25, 0.3) is 0 Å². The first-order valence-corrected chi connectivity index (χ1v) is 7.98. The minimum atomic E-state index is -0.409. The lowest BCUT2D eigenvalue weighted by Gasteiger charge is -2.33. The minimum absolute atomic E-state index is 0.0860. The van der Waals surface area contributed by atoms with Crippen molar-refractivity contribution in [2.24, 2.45) is 0 Å². The zero-order chi connectivity index (χ0) is 14.5. The zero-order valence-electron chi connectivity index (χ0n) is 12.8. The van der Waals surface area contributed by atoms with E-state index in [4.69, 9.17) is 9.47 Å². The first kappa shape index (κ1) is 16.8. The van der Waals surface area contributed by atoms with E-state index in [1.165, 1.54) is 0 Å². The summed E-state index contributed by atoms with van der Waals surface area (Å²) in [6.07, 6.45) is 0.800. The number of esters is 1. The highest BCUT2D eigenvalue weighted by molar-refractivity contribution is 8.01. The molecule has 1 aliphatic heterocycles. The van der Waals surface area contributed by atoms with Crippen molar-refractivity contribution in [2.75, 3.05) is 26.3 Å². The number of thioether (sulfide) groups is 1. The molecular weight excluding hydrogens is 262 g/mol. The van der Waals surface area contributed by atoms with E-state index in [2.05, 4.69) is 11.8 Å². The number of rotatable bonds is 5. The predicted octanol–water partition coefficient (Wildman–Crippen LogP) is 2.52. The summed E-state index contributed by atoms with van der Waals surface area (Å²) in [5, 5.41) is 0.235. The maximum absolute atomic E-state index is 12.1. The number of ether oxygens (including phenoxy) is 2. The lowest BCUT2D eigenvalue weighted by Crippen LogP contribution is -2.42. The van der Waals surface area contributed by atoms with E-state index in [1.54, 1.807) is 11.8 Å². The third-order valence-electron chi connectivity index (χ3n) is 2.96. The van der Waals surface area contributed by atoms with Crippen molar-refractivity contribution in [1.82, 2.24) is 4.90 Å². The van der Waals surface area contributed by atoms with Gasteiger partial charge in [0.2, 0.25) is 0 Å². The van der Waals surface area contributed by atoms with Crippen molar-refractivity contribution in [3.63, 3.8) is 0 Å². The molecule has 1 aliphatic rings. The lowest BCUT2D eigenvalue weighted by molar-refractivity contribution is -0.154. The number of morpholine rings is 1. The second-order valence-electron chi connectivity index (χ2n) is 5.81. The van der Waals surface area contributed by atoms with Gasteiger partial charge < -0.3 is 9.47 Å². The van der Waals surface area contributed by atoms with Crippen LogP contribution < -0.4 is 0 Å². The Morgan fingerprint density at radius 2 is 1.95 bits per heavy atom. The molecule has 1 rings (SSSR count). The average molecular weight is 289 g/mol. The van der Waals surface area contributed by atoms with Gasteiger partial charge in [0.15, 0.2) is 0 Å². The molecule has 0 N–H and O–H groups in total. The van der Waals surface area contributed by atoms with Gasteiger partial charge >= 0.3 is 5.97 Å². The molecule has 5 heteroatoms. The van der Waals surface area contributed by atoms with Crippen LogP contribution in [0.5, 0.6) is 0 Å². The van der Waals surface area contributed by atoms with E-state index < -0.39 is 5.60 Å². The van der Waals surface area contributed by atoms with Crippen LogP contribution in [0.15, 0.2) is 0 Å². The Hall–Kier alpha value is -0.260. The molecule has 0 aromatic heterocycles. The Balaban J connectivity index is 2.48. The Labute approximate surface area is 121 Å². The summed E-state index contributed by atoms with van der Waals surface area (Å²) in [4.78, 5) is 14.5. The van der Waals surface area contributed by atoms with Crippen LogP contribution in [0.3, 0.4) is 0 Å². The van der Waals surface area contributed by atoms with Gasteiger partial charge in [0, 0.05) is 13.1 Å². The fraction of sp³-hybridized carbons (Fsp3) is 0.929. The summed E-state index contributed by atoms with van der Waals surface area (Å²) in [5.41, 5.74) is -0.409. The Morgan fingerprint density at radius 3 is 2.42 bits per heavy atom. The topological polar surface area (TPSA) is 38.8 Å². The number of hydrogen-bond acceptors (Lipinski definition) is 5. The Kier molecular flexibility index (Phi) is 6.63. The molecule has 1 fully saturated rings. The van der Waals surface area contributed by atoms with Gasteiger partial charge in [-0.15, -0.1) is 11.8 Å². The monoisotopic (exact) mass is 289 g/mol. The van der Waals surface area contributed by atoms with Gasteiger partial charge in [0.25, 0.3) is 0 Å². The molecule has 19 heavy (non-hydrogen) atoms. The molecule has 0 bridgehead atoms. The van der Waals surface area contributed by atoms with E-state index in [-0.39, 0.29) is 11.2 Å². The third-order valence-corrected chi connectivity index (χ3v) is 4.51. The normalized spacial score (nSPS) is 20.9. The molecule has 2 atom stereocenters. The summed E-state index contributed by atoms with van der Waals surface area (Å²) in [7, 11) is 0. The van der Waals surface area contributed by atoms with Crippen LogP contribution in [-0.2, 0) is 14.3 Å². The standard InChI is InChI=1S/C14H27NO3S/c1-6-12(13(16)18-14(3,4)5)19-11(2)15-7-9-17-10-8-15/h11-12H,6-10H2,1-5H3. The highest BCUT2D eigenvalue weighted by Gasteiger charge is 2.28. The molecule has 2 unspecified atom stereocenters. The van der Waals surface area contributed by atoms with Gasteiger partial charge in [-0.1, -0.05) is 6.92 Å². The molecule has 1 saturated heterocycles. The molecule has 1 heterocycles. The van der Waals surface area contributed by atoms with Gasteiger partial charge in [-0.05, 0) is 34.1 Å². The maximum Gasteiger partial charge on any atom is 0.319 e. The van der Waals surface area contributed by atoms with E-state index in [0.29, 0.717) is 5.37 Å². The van der Waals surface area contributed by atoms with Crippen molar-refractivity contribution in [3.05, 3.63) is 0 Å². The van der Waals surface area contributed by atoms with E-state index in [9.17, 15) is 4.79 Å². The average Bonchev–Trinajstić information content (AvgIpc) is 2.34. The molecule has 0 amide bonds. The van der Waals surface area contributed by atoms with Crippen LogP contribution in [0.2, 0.25) is 0 Å². The van der Waals surface area contributed by atoms with Gasteiger partial charge in [0.05, 0.1) is 18.6 Å². The van der Waals surface area contributed by atoms with Crippen LogP contribution in [0, 0.1) is 0 Å². The van der Waals surface area contributed by atoms with Crippen LogP contribution >= 0.6 is 11.8 Å². The van der Waals surface area contributed by atoms with Crippen molar-refractivity contribution >= 4 is 17.7 Å².